The number of nitrogens with zero attached hydrogens (tertiary/aromatic N) is 2. The molecule has 1 aromatic heterocycles. The first-order chi connectivity index (χ1) is 12.6. The number of imidazole rings is 1. The Morgan fingerprint density at radius 2 is 1.96 bits per heavy atom. The lowest BCUT2D eigenvalue weighted by Crippen LogP contribution is -2.22. The number of para-hydroxylation sites is 2. The highest BCUT2D eigenvalue weighted by molar-refractivity contribution is 5.86. The van der Waals surface area contributed by atoms with E-state index in [1.165, 1.54) is 17.2 Å². The number of nitrogens with one attached hydrogen (secondary N) is 1. The predicted molar refractivity (Wildman–Crippen MR) is 106 cm³/mol. The van der Waals surface area contributed by atoms with Gasteiger partial charge in [-0.2, -0.15) is 0 Å². The summed E-state index contributed by atoms with van der Waals surface area (Å²) in [5.74, 6) is 1.22. The third-order valence-corrected chi connectivity index (χ3v) is 4.84. The van der Waals surface area contributed by atoms with Gasteiger partial charge >= 0.3 is 0 Å². The molecule has 1 atom stereocenters. The zero-order valence-electron chi connectivity index (χ0n) is 15.4. The minimum atomic E-state index is -0.193. The molecule has 0 aliphatic rings. The number of benzene rings is 2. The quantitative estimate of drug-likeness (QED) is 0.644. The summed E-state index contributed by atoms with van der Waals surface area (Å²) in [5.41, 5.74) is 4.59. The van der Waals surface area contributed by atoms with E-state index in [1.807, 2.05) is 18.2 Å². The number of aromatic nitrogens is 2. The molecule has 1 heterocycles. The van der Waals surface area contributed by atoms with Crippen LogP contribution in [0.5, 0.6) is 0 Å². The zero-order chi connectivity index (χ0) is 18.5. The standard InChI is InChI=1S/C22H25N3O/c1-4-16(3)18-12-10-17(11-13-18)15-25-20-9-7-6-8-19(20)24-21(25)14-23-22(26)5-2/h5-13,16H,2,4,14-15H2,1,3H3,(H,23,26). The van der Waals surface area contributed by atoms with E-state index in [4.69, 9.17) is 0 Å². The van der Waals surface area contributed by atoms with E-state index >= 15 is 0 Å². The minimum Gasteiger partial charge on any atom is -0.345 e. The second-order valence-electron chi connectivity index (χ2n) is 6.58. The normalized spacial score (nSPS) is 12.1. The Hall–Kier alpha value is -2.88. The molecule has 0 saturated heterocycles. The number of carbonyl (C=O) groups excluding carboxylic acids is 1. The van der Waals surface area contributed by atoms with Crippen molar-refractivity contribution in [3.63, 3.8) is 0 Å². The first kappa shape index (κ1) is 17.9. The molecule has 4 nitrogen and oxygen atoms in total. The van der Waals surface area contributed by atoms with Crippen LogP contribution in [0.15, 0.2) is 61.2 Å². The fourth-order valence-electron chi connectivity index (χ4n) is 3.04. The van der Waals surface area contributed by atoms with E-state index in [2.05, 4.69) is 65.6 Å². The molecule has 4 heteroatoms. The van der Waals surface area contributed by atoms with Crippen molar-refractivity contribution in [3.8, 4) is 0 Å². The smallest absolute Gasteiger partial charge is 0.243 e. The summed E-state index contributed by atoms with van der Waals surface area (Å²) in [6, 6.07) is 16.8. The van der Waals surface area contributed by atoms with Crippen molar-refractivity contribution in [2.24, 2.45) is 0 Å². The predicted octanol–water partition coefficient (Wildman–Crippen LogP) is 4.40. The van der Waals surface area contributed by atoms with E-state index in [0.717, 1.165) is 29.8 Å². The van der Waals surface area contributed by atoms with E-state index < -0.39 is 0 Å². The molecule has 0 fully saturated rings. The first-order valence-corrected chi connectivity index (χ1v) is 9.05. The molecule has 26 heavy (non-hydrogen) atoms. The van der Waals surface area contributed by atoms with Crippen LogP contribution in [0.3, 0.4) is 0 Å². The van der Waals surface area contributed by atoms with Crippen LogP contribution in [-0.2, 0) is 17.9 Å². The van der Waals surface area contributed by atoms with Crippen LogP contribution in [0, 0.1) is 0 Å². The molecule has 3 aromatic rings. The third kappa shape index (κ3) is 3.85. The molecule has 0 aliphatic heterocycles. The molecular weight excluding hydrogens is 322 g/mol. The average Bonchev–Trinajstić information content (AvgIpc) is 3.03. The van der Waals surface area contributed by atoms with Crippen LogP contribution in [-0.4, -0.2) is 15.5 Å². The Bertz CT molecular complexity index is 909. The SMILES string of the molecule is C=CC(=O)NCc1nc2ccccc2n1Cc1ccc(C(C)CC)cc1. The number of rotatable bonds is 7. The second kappa shape index (κ2) is 8.00. The van der Waals surface area contributed by atoms with Gasteiger partial charge in [-0.15, -0.1) is 0 Å². The Balaban J connectivity index is 1.90. The van der Waals surface area contributed by atoms with Crippen molar-refractivity contribution in [2.45, 2.75) is 39.3 Å². The molecule has 1 N–H and O–H groups in total. The lowest BCUT2D eigenvalue weighted by molar-refractivity contribution is -0.116. The van der Waals surface area contributed by atoms with Crippen molar-refractivity contribution in [2.75, 3.05) is 0 Å². The van der Waals surface area contributed by atoms with Gasteiger partial charge < -0.3 is 9.88 Å². The summed E-state index contributed by atoms with van der Waals surface area (Å²) < 4.78 is 2.16. The topological polar surface area (TPSA) is 46.9 Å². The van der Waals surface area contributed by atoms with Crippen molar-refractivity contribution in [1.82, 2.24) is 14.9 Å². The molecule has 0 spiro atoms. The molecule has 0 saturated carbocycles. The van der Waals surface area contributed by atoms with Gasteiger partial charge in [0.25, 0.3) is 0 Å². The van der Waals surface area contributed by atoms with Crippen LogP contribution in [0.25, 0.3) is 11.0 Å². The number of hydrogen-bond acceptors (Lipinski definition) is 2. The molecule has 134 valence electrons. The minimum absolute atomic E-state index is 0.193. The van der Waals surface area contributed by atoms with Crippen molar-refractivity contribution < 1.29 is 4.79 Å². The highest BCUT2D eigenvalue weighted by Gasteiger charge is 2.12. The number of amides is 1. The van der Waals surface area contributed by atoms with Crippen molar-refractivity contribution in [3.05, 3.63) is 78.1 Å². The van der Waals surface area contributed by atoms with E-state index in [0.29, 0.717) is 12.5 Å². The number of fused-ring (bicyclic) bond motifs is 1. The summed E-state index contributed by atoms with van der Waals surface area (Å²) >= 11 is 0. The lowest BCUT2D eigenvalue weighted by atomic mass is 9.98. The second-order valence-corrected chi connectivity index (χ2v) is 6.58. The fraction of sp³-hybridized carbons (Fsp3) is 0.273. The largest absolute Gasteiger partial charge is 0.345 e. The maximum Gasteiger partial charge on any atom is 0.243 e. The maximum absolute atomic E-state index is 11.5. The Kier molecular flexibility index (Phi) is 5.52. The lowest BCUT2D eigenvalue weighted by Gasteiger charge is -2.12. The highest BCUT2D eigenvalue weighted by atomic mass is 16.1. The van der Waals surface area contributed by atoms with Gasteiger partial charge in [0.05, 0.1) is 17.6 Å². The summed E-state index contributed by atoms with van der Waals surface area (Å²) in [6.45, 7) is 9.06. The van der Waals surface area contributed by atoms with Gasteiger partial charge in [0.2, 0.25) is 5.91 Å². The van der Waals surface area contributed by atoms with Gasteiger partial charge in [0.1, 0.15) is 5.82 Å². The monoisotopic (exact) mass is 347 g/mol. The highest BCUT2D eigenvalue weighted by Crippen LogP contribution is 2.21. The molecule has 1 unspecified atom stereocenters. The van der Waals surface area contributed by atoms with Crippen LogP contribution >= 0.6 is 0 Å². The molecule has 0 bridgehead atoms. The fourth-order valence-corrected chi connectivity index (χ4v) is 3.04. The van der Waals surface area contributed by atoms with Crippen LogP contribution in [0.1, 0.15) is 43.1 Å². The first-order valence-electron chi connectivity index (χ1n) is 9.05. The molecular formula is C22H25N3O. The van der Waals surface area contributed by atoms with E-state index in [1.54, 1.807) is 0 Å². The molecule has 3 rings (SSSR count). The third-order valence-electron chi connectivity index (χ3n) is 4.84. The van der Waals surface area contributed by atoms with Crippen LogP contribution in [0.4, 0.5) is 0 Å². The van der Waals surface area contributed by atoms with Gasteiger partial charge in [0, 0.05) is 6.54 Å². The van der Waals surface area contributed by atoms with E-state index in [-0.39, 0.29) is 5.91 Å². The Morgan fingerprint density at radius 1 is 1.23 bits per heavy atom. The summed E-state index contributed by atoms with van der Waals surface area (Å²) in [6.07, 6.45) is 2.42. The molecule has 2 aromatic carbocycles. The summed E-state index contributed by atoms with van der Waals surface area (Å²) in [5, 5.41) is 2.83. The average molecular weight is 347 g/mol. The summed E-state index contributed by atoms with van der Waals surface area (Å²) in [7, 11) is 0. The van der Waals surface area contributed by atoms with E-state index in [9.17, 15) is 4.79 Å². The van der Waals surface area contributed by atoms with Crippen LogP contribution < -0.4 is 5.32 Å². The number of carbonyl (C=O) groups is 1. The van der Waals surface area contributed by atoms with Gasteiger partial charge in [-0.05, 0) is 41.7 Å². The van der Waals surface area contributed by atoms with Gasteiger partial charge in [-0.3, -0.25) is 4.79 Å². The van der Waals surface area contributed by atoms with Crippen molar-refractivity contribution in [1.29, 1.82) is 0 Å². The van der Waals surface area contributed by atoms with Gasteiger partial charge in [0.15, 0.2) is 0 Å². The number of hydrogen-bond donors (Lipinski definition) is 1. The zero-order valence-corrected chi connectivity index (χ0v) is 15.4. The molecule has 0 aliphatic carbocycles. The van der Waals surface area contributed by atoms with Crippen molar-refractivity contribution >= 4 is 16.9 Å². The maximum atomic E-state index is 11.5. The van der Waals surface area contributed by atoms with Crippen LogP contribution in [0.2, 0.25) is 0 Å². The Morgan fingerprint density at radius 3 is 2.65 bits per heavy atom. The molecule has 0 radical (unpaired) electrons. The Labute approximate surface area is 154 Å². The molecule has 1 amide bonds. The van der Waals surface area contributed by atoms with Gasteiger partial charge in [-0.1, -0.05) is 56.8 Å². The summed E-state index contributed by atoms with van der Waals surface area (Å²) in [4.78, 5) is 16.2. The van der Waals surface area contributed by atoms with Gasteiger partial charge in [-0.25, -0.2) is 4.98 Å².